The molecule has 0 aliphatic carbocycles. The molecule has 1 aliphatic heterocycles. The first-order chi connectivity index (χ1) is 7.66. The van der Waals surface area contributed by atoms with Gasteiger partial charge in [0.05, 0.1) is 6.20 Å². The Hall–Kier alpha value is -0.940. The molecule has 1 aromatic rings. The van der Waals surface area contributed by atoms with Gasteiger partial charge in [-0.2, -0.15) is 4.98 Å². The van der Waals surface area contributed by atoms with Crippen molar-refractivity contribution in [2.24, 2.45) is 0 Å². The molecule has 0 bridgehead atoms. The highest BCUT2D eigenvalue weighted by Crippen LogP contribution is 2.17. The summed E-state index contributed by atoms with van der Waals surface area (Å²) in [6.45, 7) is 1.78. The summed E-state index contributed by atoms with van der Waals surface area (Å²) in [5.74, 6) is -0.287. The quantitative estimate of drug-likeness (QED) is 0.823. The molecule has 0 amide bonds. The van der Waals surface area contributed by atoms with Crippen molar-refractivity contribution in [2.75, 3.05) is 25.5 Å². The van der Waals surface area contributed by atoms with E-state index in [4.69, 9.17) is 11.6 Å². The predicted molar refractivity (Wildman–Crippen MR) is 61.1 cm³/mol. The molecule has 1 unspecified atom stereocenters. The van der Waals surface area contributed by atoms with Crippen LogP contribution in [0.2, 0.25) is 5.28 Å². The fourth-order valence-corrected chi connectivity index (χ4v) is 2.05. The summed E-state index contributed by atoms with van der Waals surface area (Å²) in [7, 11) is 2.07. The number of nitrogens with one attached hydrogen (secondary N) is 1. The van der Waals surface area contributed by atoms with E-state index in [1.807, 2.05) is 0 Å². The lowest BCUT2D eigenvalue weighted by Crippen LogP contribution is -2.31. The summed E-state index contributed by atoms with van der Waals surface area (Å²) in [5, 5.41) is 3.03. The molecule has 1 saturated heterocycles. The Balaban J connectivity index is 1.96. The summed E-state index contributed by atoms with van der Waals surface area (Å²) in [4.78, 5) is 9.63. The lowest BCUT2D eigenvalue weighted by atomic mass is 10.2. The average molecular weight is 245 g/mol. The third-order valence-corrected chi connectivity index (χ3v) is 3.07. The molecule has 16 heavy (non-hydrogen) atoms. The van der Waals surface area contributed by atoms with Crippen molar-refractivity contribution in [3.05, 3.63) is 17.3 Å². The SMILES string of the molecule is CN1CCCC1CNc1nc(Cl)ncc1F. The third kappa shape index (κ3) is 2.59. The second-order valence-electron chi connectivity index (χ2n) is 3.99. The topological polar surface area (TPSA) is 41.0 Å². The van der Waals surface area contributed by atoms with Crippen LogP contribution in [0.15, 0.2) is 6.20 Å². The Morgan fingerprint density at radius 2 is 2.50 bits per heavy atom. The first kappa shape index (κ1) is 11.5. The minimum absolute atomic E-state index is 0.0590. The van der Waals surface area contributed by atoms with Crippen molar-refractivity contribution >= 4 is 17.4 Å². The van der Waals surface area contributed by atoms with Gasteiger partial charge in [-0.05, 0) is 38.0 Å². The van der Waals surface area contributed by atoms with Gasteiger partial charge in [0, 0.05) is 12.6 Å². The highest BCUT2D eigenvalue weighted by molar-refractivity contribution is 6.28. The second-order valence-corrected chi connectivity index (χ2v) is 4.33. The van der Waals surface area contributed by atoms with Gasteiger partial charge in [0.1, 0.15) is 0 Å². The number of rotatable bonds is 3. The maximum absolute atomic E-state index is 13.3. The monoisotopic (exact) mass is 244 g/mol. The van der Waals surface area contributed by atoms with Gasteiger partial charge >= 0.3 is 0 Å². The molecule has 0 radical (unpaired) electrons. The molecule has 1 aliphatic rings. The fourth-order valence-electron chi connectivity index (χ4n) is 1.92. The molecule has 1 atom stereocenters. The van der Waals surface area contributed by atoms with Crippen molar-refractivity contribution in [2.45, 2.75) is 18.9 Å². The van der Waals surface area contributed by atoms with Gasteiger partial charge in [0.2, 0.25) is 5.28 Å². The number of aromatic nitrogens is 2. The average Bonchev–Trinajstić information content (AvgIpc) is 2.66. The normalized spacial score (nSPS) is 21.3. The predicted octanol–water partition coefficient (Wildman–Crippen LogP) is 1.78. The van der Waals surface area contributed by atoms with Gasteiger partial charge in [-0.25, -0.2) is 9.37 Å². The Labute approximate surface area is 98.8 Å². The number of hydrogen-bond donors (Lipinski definition) is 1. The number of anilines is 1. The zero-order chi connectivity index (χ0) is 11.5. The van der Waals surface area contributed by atoms with E-state index in [9.17, 15) is 4.39 Å². The van der Waals surface area contributed by atoms with Gasteiger partial charge < -0.3 is 10.2 Å². The van der Waals surface area contributed by atoms with E-state index in [-0.39, 0.29) is 11.1 Å². The van der Waals surface area contributed by atoms with Gasteiger partial charge in [-0.1, -0.05) is 0 Å². The first-order valence-corrected chi connectivity index (χ1v) is 5.67. The second kappa shape index (κ2) is 4.93. The summed E-state index contributed by atoms with van der Waals surface area (Å²) < 4.78 is 13.3. The molecule has 1 aromatic heterocycles. The van der Waals surface area contributed by atoms with Crippen molar-refractivity contribution in [3.63, 3.8) is 0 Å². The maximum atomic E-state index is 13.3. The zero-order valence-electron chi connectivity index (χ0n) is 9.08. The number of hydrogen-bond acceptors (Lipinski definition) is 4. The molecule has 88 valence electrons. The standard InChI is InChI=1S/C10H14ClFN4/c1-16-4-2-3-7(16)5-13-9-8(12)6-14-10(11)15-9/h6-7H,2-5H2,1H3,(H,13,14,15). The van der Waals surface area contributed by atoms with Gasteiger partial charge in [0.15, 0.2) is 11.6 Å². The third-order valence-electron chi connectivity index (χ3n) is 2.89. The summed E-state index contributed by atoms with van der Waals surface area (Å²) in [6, 6.07) is 0.438. The zero-order valence-corrected chi connectivity index (χ0v) is 9.84. The molecule has 0 aromatic carbocycles. The highest BCUT2D eigenvalue weighted by Gasteiger charge is 2.20. The summed E-state index contributed by atoms with van der Waals surface area (Å²) >= 11 is 5.60. The summed E-state index contributed by atoms with van der Waals surface area (Å²) in [5.41, 5.74) is 0. The van der Waals surface area contributed by atoms with Crippen molar-refractivity contribution in [1.29, 1.82) is 0 Å². The molecule has 0 saturated carbocycles. The Morgan fingerprint density at radius 1 is 1.69 bits per heavy atom. The minimum atomic E-state index is -0.468. The van der Waals surface area contributed by atoms with Gasteiger partial charge in [-0.15, -0.1) is 0 Å². The van der Waals surface area contributed by atoms with Crippen LogP contribution in [-0.2, 0) is 0 Å². The fraction of sp³-hybridized carbons (Fsp3) is 0.600. The lowest BCUT2D eigenvalue weighted by Gasteiger charge is -2.19. The van der Waals surface area contributed by atoms with Crippen LogP contribution in [0.3, 0.4) is 0 Å². The van der Waals surface area contributed by atoms with E-state index >= 15 is 0 Å². The molecule has 2 rings (SSSR count). The van der Waals surface area contributed by atoms with Crippen LogP contribution >= 0.6 is 11.6 Å². The molecule has 6 heteroatoms. The van der Waals surface area contributed by atoms with Crippen LogP contribution < -0.4 is 5.32 Å². The number of likely N-dealkylation sites (tertiary alicyclic amines) is 1. The van der Waals surface area contributed by atoms with Crippen LogP contribution in [-0.4, -0.2) is 41.0 Å². The van der Waals surface area contributed by atoms with E-state index in [0.717, 1.165) is 19.2 Å². The van der Waals surface area contributed by atoms with Crippen LogP contribution in [0.25, 0.3) is 0 Å². The molecule has 4 nitrogen and oxygen atoms in total. The molecule has 0 spiro atoms. The summed E-state index contributed by atoms with van der Waals surface area (Å²) in [6.07, 6.45) is 3.40. The van der Waals surface area contributed by atoms with Crippen LogP contribution in [0.5, 0.6) is 0 Å². The van der Waals surface area contributed by atoms with E-state index in [2.05, 4.69) is 27.2 Å². The molecule has 2 heterocycles. The molecular weight excluding hydrogens is 231 g/mol. The Bertz CT molecular complexity index is 374. The number of likely N-dealkylation sites (N-methyl/N-ethyl adjacent to an activating group) is 1. The van der Waals surface area contributed by atoms with E-state index in [1.54, 1.807) is 0 Å². The van der Waals surface area contributed by atoms with Crippen LogP contribution in [0.1, 0.15) is 12.8 Å². The Kier molecular flexibility index (Phi) is 3.56. The lowest BCUT2D eigenvalue weighted by molar-refractivity contribution is 0.322. The number of halogens is 2. The molecule has 1 fully saturated rings. The van der Waals surface area contributed by atoms with Gasteiger partial charge in [0.25, 0.3) is 0 Å². The molecular formula is C10H14ClFN4. The highest BCUT2D eigenvalue weighted by atomic mass is 35.5. The first-order valence-electron chi connectivity index (χ1n) is 5.29. The van der Waals surface area contributed by atoms with Crippen molar-refractivity contribution in [3.8, 4) is 0 Å². The van der Waals surface area contributed by atoms with Crippen molar-refractivity contribution in [1.82, 2.24) is 14.9 Å². The molecule has 1 N–H and O–H groups in total. The maximum Gasteiger partial charge on any atom is 0.224 e. The van der Waals surface area contributed by atoms with Gasteiger partial charge in [-0.3, -0.25) is 0 Å². The van der Waals surface area contributed by atoms with Crippen LogP contribution in [0.4, 0.5) is 10.2 Å². The Morgan fingerprint density at radius 3 is 3.19 bits per heavy atom. The van der Waals surface area contributed by atoms with E-state index < -0.39 is 5.82 Å². The van der Waals surface area contributed by atoms with E-state index in [1.165, 1.54) is 6.42 Å². The number of nitrogens with zero attached hydrogens (tertiary/aromatic N) is 3. The van der Waals surface area contributed by atoms with Crippen molar-refractivity contribution < 1.29 is 4.39 Å². The van der Waals surface area contributed by atoms with Crippen LogP contribution in [0, 0.1) is 5.82 Å². The smallest absolute Gasteiger partial charge is 0.224 e. The largest absolute Gasteiger partial charge is 0.366 e. The van der Waals surface area contributed by atoms with E-state index in [0.29, 0.717) is 12.6 Å². The minimum Gasteiger partial charge on any atom is -0.366 e.